The number of hydrogen-bond acceptors (Lipinski definition) is 4. The van der Waals surface area contributed by atoms with Gasteiger partial charge < -0.3 is 15.2 Å². The first kappa shape index (κ1) is 17.8. The highest BCUT2D eigenvalue weighted by Crippen LogP contribution is 2.28. The van der Waals surface area contributed by atoms with Crippen molar-refractivity contribution in [2.45, 2.75) is 19.9 Å². The number of nitrogens with one attached hydrogen (secondary N) is 1. The topological polar surface area (TPSA) is 93.5 Å². The van der Waals surface area contributed by atoms with Crippen molar-refractivity contribution in [1.29, 1.82) is 0 Å². The minimum atomic E-state index is -1.24. The van der Waals surface area contributed by atoms with Gasteiger partial charge in [-0.1, -0.05) is 17.7 Å². The van der Waals surface area contributed by atoms with Gasteiger partial charge in [0, 0.05) is 12.7 Å². The summed E-state index contributed by atoms with van der Waals surface area (Å²) in [6.45, 7) is 3.44. The Bertz CT molecular complexity index is 801. The van der Waals surface area contributed by atoms with Gasteiger partial charge in [-0.25, -0.2) is 4.79 Å². The Hall–Kier alpha value is -2.54. The van der Waals surface area contributed by atoms with Crippen molar-refractivity contribution < 1.29 is 19.4 Å². The van der Waals surface area contributed by atoms with Crippen LogP contribution in [0, 0.1) is 13.8 Å². The number of carboxylic acid groups (broad SMARTS) is 1. The second-order valence-electron chi connectivity index (χ2n) is 5.31. The molecule has 2 rings (SSSR count). The second-order valence-corrected chi connectivity index (χ2v) is 5.72. The highest BCUT2D eigenvalue weighted by Gasteiger charge is 2.26. The Morgan fingerprint density at radius 1 is 1.38 bits per heavy atom. The first-order valence-corrected chi connectivity index (χ1v) is 7.51. The van der Waals surface area contributed by atoms with Crippen LogP contribution < -0.4 is 10.1 Å². The Morgan fingerprint density at radius 2 is 2.04 bits per heavy atom. The molecule has 1 amide bonds. The smallest absolute Gasteiger partial charge is 0.330 e. The molecule has 0 saturated carbocycles. The molecule has 128 valence electrons. The van der Waals surface area contributed by atoms with Gasteiger partial charge in [0.05, 0.1) is 23.4 Å². The van der Waals surface area contributed by atoms with Crippen LogP contribution in [0.1, 0.15) is 33.4 Å². The van der Waals surface area contributed by atoms with Crippen LogP contribution >= 0.6 is 11.6 Å². The fourth-order valence-corrected chi connectivity index (χ4v) is 2.72. The van der Waals surface area contributed by atoms with E-state index in [-0.39, 0.29) is 5.02 Å². The lowest BCUT2D eigenvalue weighted by Crippen LogP contribution is -2.34. The van der Waals surface area contributed by atoms with E-state index in [1.54, 1.807) is 37.7 Å². The molecule has 0 fully saturated rings. The molecule has 1 heterocycles. The number of methoxy groups -OCH3 is 1. The van der Waals surface area contributed by atoms with Crippen LogP contribution in [0.5, 0.6) is 5.75 Å². The summed E-state index contributed by atoms with van der Waals surface area (Å²) in [5.41, 5.74) is 1.90. The number of hydrogen-bond donors (Lipinski definition) is 2. The summed E-state index contributed by atoms with van der Waals surface area (Å²) in [5, 5.41) is 16.4. The summed E-state index contributed by atoms with van der Waals surface area (Å²) in [6.07, 6.45) is 0. The average molecular weight is 352 g/mol. The number of ether oxygens (including phenoxy) is 1. The standard InChI is InChI=1S/C16H18ClN3O4/c1-8-13(9(2)20(3)19-8)15(21)18-14(16(22)23)10-5-6-12(24-4)11(17)7-10/h5-7,14H,1-4H3,(H,18,21)(H,22,23). The number of aromatic nitrogens is 2. The van der Waals surface area contributed by atoms with Crippen LogP contribution in [-0.2, 0) is 11.8 Å². The summed E-state index contributed by atoms with van der Waals surface area (Å²) in [5.74, 6) is -1.27. The monoisotopic (exact) mass is 351 g/mol. The lowest BCUT2D eigenvalue weighted by Gasteiger charge is -2.16. The molecule has 0 bridgehead atoms. The van der Waals surface area contributed by atoms with Gasteiger partial charge in [0.1, 0.15) is 5.75 Å². The number of benzene rings is 1. The molecule has 0 spiro atoms. The van der Waals surface area contributed by atoms with Crippen molar-refractivity contribution in [2.75, 3.05) is 7.11 Å². The van der Waals surface area contributed by atoms with Crippen LogP contribution in [0.4, 0.5) is 0 Å². The third-order valence-electron chi connectivity index (χ3n) is 3.77. The maximum atomic E-state index is 12.5. The number of aliphatic carboxylic acids is 1. The third-order valence-corrected chi connectivity index (χ3v) is 4.06. The predicted octanol–water partition coefficient (Wildman–Crippen LogP) is 2.25. The minimum absolute atomic E-state index is 0.268. The highest BCUT2D eigenvalue weighted by molar-refractivity contribution is 6.32. The number of carbonyl (C=O) groups is 2. The van der Waals surface area contributed by atoms with Gasteiger partial charge in [0.2, 0.25) is 0 Å². The molecule has 1 aromatic carbocycles. The molecule has 0 saturated heterocycles. The number of aryl methyl sites for hydroxylation is 2. The van der Waals surface area contributed by atoms with Gasteiger partial charge >= 0.3 is 5.97 Å². The maximum Gasteiger partial charge on any atom is 0.330 e. The van der Waals surface area contributed by atoms with Crippen molar-refractivity contribution >= 4 is 23.5 Å². The summed E-state index contributed by atoms with van der Waals surface area (Å²) < 4.78 is 6.62. The van der Waals surface area contributed by atoms with E-state index in [2.05, 4.69) is 10.4 Å². The molecule has 1 unspecified atom stereocenters. The number of nitrogens with zero attached hydrogens (tertiary/aromatic N) is 2. The molecule has 1 aromatic heterocycles. The summed E-state index contributed by atoms with van der Waals surface area (Å²) >= 11 is 6.04. The zero-order valence-electron chi connectivity index (χ0n) is 13.8. The van der Waals surface area contributed by atoms with Gasteiger partial charge in [0.25, 0.3) is 5.91 Å². The van der Waals surface area contributed by atoms with Crippen molar-refractivity contribution in [3.8, 4) is 5.75 Å². The van der Waals surface area contributed by atoms with Gasteiger partial charge in [-0.3, -0.25) is 9.48 Å². The maximum absolute atomic E-state index is 12.5. The largest absolute Gasteiger partial charge is 0.495 e. The van der Waals surface area contributed by atoms with Crippen LogP contribution in [0.2, 0.25) is 5.02 Å². The summed E-state index contributed by atoms with van der Waals surface area (Å²) in [7, 11) is 3.18. The van der Waals surface area contributed by atoms with Gasteiger partial charge in [0.15, 0.2) is 6.04 Å². The Balaban J connectivity index is 2.34. The molecular weight excluding hydrogens is 334 g/mol. The first-order chi connectivity index (χ1) is 11.3. The van der Waals surface area contributed by atoms with E-state index < -0.39 is 17.9 Å². The van der Waals surface area contributed by atoms with E-state index >= 15 is 0 Å². The van der Waals surface area contributed by atoms with Gasteiger partial charge in [-0.05, 0) is 31.5 Å². The van der Waals surface area contributed by atoms with Crippen LogP contribution in [0.25, 0.3) is 0 Å². The van der Waals surface area contributed by atoms with Crippen LogP contribution in [0.15, 0.2) is 18.2 Å². The zero-order chi connectivity index (χ0) is 18.0. The first-order valence-electron chi connectivity index (χ1n) is 7.13. The van der Waals surface area contributed by atoms with Gasteiger partial charge in [-0.15, -0.1) is 0 Å². The molecule has 2 aromatic rings. The SMILES string of the molecule is COc1ccc(C(NC(=O)c2c(C)nn(C)c2C)C(=O)O)cc1Cl. The number of halogens is 1. The quantitative estimate of drug-likeness (QED) is 0.861. The Kier molecular flexibility index (Phi) is 5.14. The van der Waals surface area contributed by atoms with E-state index in [0.29, 0.717) is 28.3 Å². The third kappa shape index (κ3) is 3.35. The lowest BCUT2D eigenvalue weighted by molar-refractivity contribution is -0.139. The van der Waals surface area contributed by atoms with E-state index in [0.717, 1.165) is 0 Å². The molecular formula is C16H18ClN3O4. The molecule has 0 aliphatic rings. The molecule has 0 radical (unpaired) electrons. The lowest BCUT2D eigenvalue weighted by atomic mass is 10.1. The van der Waals surface area contributed by atoms with Crippen molar-refractivity contribution in [1.82, 2.24) is 15.1 Å². The number of carbonyl (C=O) groups excluding carboxylic acids is 1. The fourth-order valence-electron chi connectivity index (χ4n) is 2.46. The van der Waals surface area contributed by atoms with Crippen molar-refractivity contribution in [3.63, 3.8) is 0 Å². The van der Waals surface area contributed by atoms with Crippen molar-refractivity contribution in [2.24, 2.45) is 7.05 Å². The van der Waals surface area contributed by atoms with Crippen LogP contribution in [0.3, 0.4) is 0 Å². The number of amides is 1. The molecule has 1 atom stereocenters. The molecule has 24 heavy (non-hydrogen) atoms. The Labute approximate surface area is 144 Å². The van der Waals surface area contributed by atoms with E-state index in [1.165, 1.54) is 13.2 Å². The fraction of sp³-hybridized carbons (Fsp3) is 0.312. The van der Waals surface area contributed by atoms with E-state index in [4.69, 9.17) is 16.3 Å². The molecule has 8 heteroatoms. The highest BCUT2D eigenvalue weighted by atomic mass is 35.5. The molecule has 0 aliphatic heterocycles. The minimum Gasteiger partial charge on any atom is -0.495 e. The normalized spacial score (nSPS) is 11.9. The molecule has 0 aliphatic carbocycles. The summed E-state index contributed by atoms with van der Waals surface area (Å²) in [4.78, 5) is 24.1. The predicted molar refractivity (Wildman–Crippen MR) is 88.5 cm³/mol. The van der Waals surface area contributed by atoms with E-state index in [1.807, 2.05) is 0 Å². The van der Waals surface area contributed by atoms with Crippen LogP contribution in [-0.4, -0.2) is 33.9 Å². The molecule has 7 nitrogen and oxygen atoms in total. The molecule has 2 N–H and O–H groups in total. The van der Waals surface area contributed by atoms with Gasteiger partial charge in [-0.2, -0.15) is 5.10 Å². The zero-order valence-corrected chi connectivity index (χ0v) is 14.5. The number of rotatable bonds is 5. The van der Waals surface area contributed by atoms with Crippen molar-refractivity contribution in [3.05, 3.63) is 45.7 Å². The van der Waals surface area contributed by atoms with E-state index in [9.17, 15) is 14.7 Å². The number of carboxylic acids is 1. The summed E-state index contributed by atoms with van der Waals surface area (Å²) in [6, 6.07) is 3.33. The Morgan fingerprint density at radius 3 is 2.50 bits per heavy atom. The second kappa shape index (κ2) is 6.92. The average Bonchev–Trinajstić information content (AvgIpc) is 2.77.